The molecule has 102 valence electrons. The van der Waals surface area contributed by atoms with Gasteiger partial charge in [-0.15, -0.1) is 11.3 Å². The second-order valence-electron chi connectivity index (χ2n) is 5.34. The summed E-state index contributed by atoms with van der Waals surface area (Å²) in [6.07, 6.45) is 1.06. The van der Waals surface area contributed by atoms with E-state index >= 15 is 0 Å². The zero-order valence-electron chi connectivity index (χ0n) is 12.5. The van der Waals surface area contributed by atoms with Crippen molar-refractivity contribution in [2.24, 2.45) is 0 Å². The van der Waals surface area contributed by atoms with Gasteiger partial charge in [-0.3, -0.25) is 0 Å². The molecule has 1 heterocycles. The van der Waals surface area contributed by atoms with Crippen LogP contribution in [0.25, 0.3) is 0 Å². The highest BCUT2D eigenvalue weighted by Crippen LogP contribution is 2.29. The molecule has 0 aliphatic carbocycles. The molecule has 1 unspecified atom stereocenters. The van der Waals surface area contributed by atoms with Crippen molar-refractivity contribution in [2.75, 3.05) is 7.05 Å². The number of nitrogens with one attached hydrogen (secondary N) is 1. The number of rotatable bonds is 4. The van der Waals surface area contributed by atoms with Crippen LogP contribution in [0.4, 0.5) is 0 Å². The Morgan fingerprint density at radius 2 is 1.84 bits per heavy atom. The summed E-state index contributed by atoms with van der Waals surface area (Å²) >= 11 is 1.89. The van der Waals surface area contributed by atoms with Crippen LogP contribution in [0.1, 0.15) is 38.0 Å². The van der Waals surface area contributed by atoms with Gasteiger partial charge in [0.15, 0.2) is 0 Å². The van der Waals surface area contributed by atoms with Crippen LogP contribution < -0.4 is 5.32 Å². The third kappa shape index (κ3) is 3.26. The Morgan fingerprint density at radius 1 is 1.11 bits per heavy atom. The number of thiophene rings is 1. The van der Waals surface area contributed by atoms with Crippen LogP contribution in [-0.4, -0.2) is 7.05 Å². The lowest BCUT2D eigenvalue weighted by molar-refractivity contribution is 0.589. The lowest BCUT2D eigenvalue weighted by atomic mass is 9.95. The molecule has 19 heavy (non-hydrogen) atoms. The van der Waals surface area contributed by atoms with E-state index in [4.69, 9.17) is 0 Å². The Labute approximate surface area is 120 Å². The Hall–Kier alpha value is -1.12. The van der Waals surface area contributed by atoms with E-state index < -0.39 is 0 Å². The number of hydrogen-bond donors (Lipinski definition) is 1. The van der Waals surface area contributed by atoms with Gasteiger partial charge in [0.1, 0.15) is 0 Å². The third-order valence-electron chi connectivity index (χ3n) is 3.73. The van der Waals surface area contributed by atoms with Crippen molar-refractivity contribution in [3.8, 4) is 0 Å². The van der Waals surface area contributed by atoms with E-state index in [-0.39, 0.29) is 0 Å². The van der Waals surface area contributed by atoms with E-state index in [1.54, 1.807) is 0 Å². The summed E-state index contributed by atoms with van der Waals surface area (Å²) in [5, 5.41) is 3.47. The zero-order valence-corrected chi connectivity index (χ0v) is 13.3. The summed E-state index contributed by atoms with van der Waals surface area (Å²) < 4.78 is 0. The molecule has 1 N–H and O–H groups in total. The van der Waals surface area contributed by atoms with Gasteiger partial charge in [-0.25, -0.2) is 0 Å². The first-order valence-corrected chi connectivity index (χ1v) is 7.63. The average Bonchev–Trinajstić information content (AvgIpc) is 2.69. The Kier molecular flexibility index (Phi) is 4.43. The maximum Gasteiger partial charge on any atom is 0.0369 e. The molecule has 1 nitrogen and oxygen atoms in total. The Morgan fingerprint density at radius 3 is 2.42 bits per heavy atom. The van der Waals surface area contributed by atoms with Crippen LogP contribution in [0.5, 0.6) is 0 Å². The fourth-order valence-electron chi connectivity index (χ4n) is 2.60. The molecule has 0 saturated carbocycles. The van der Waals surface area contributed by atoms with E-state index in [0.29, 0.717) is 6.04 Å². The van der Waals surface area contributed by atoms with Gasteiger partial charge in [-0.1, -0.05) is 23.8 Å². The first kappa shape index (κ1) is 14.3. The van der Waals surface area contributed by atoms with Crippen LogP contribution in [0.3, 0.4) is 0 Å². The van der Waals surface area contributed by atoms with E-state index in [0.717, 1.165) is 6.42 Å². The van der Waals surface area contributed by atoms with Crippen molar-refractivity contribution in [1.29, 1.82) is 0 Å². The van der Waals surface area contributed by atoms with Crippen molar-refractivity contribution >= 4 is 11.3 Å². The van der Waals surface area contributed by atoms with Crippen LogP contribution >= 0.6 is 11.3 Å². The van der Waals surface area contributed by atoms with Crippen LogP contribution in [-0.2, 0) is 6.42 Å². The lowest BCUT2D eigenvalue weighted by Gasteiger charge is -2.18. The molecule has 1 atom stereocenters. The normalized spacial score (nSPS) is 12.7. The van der Waals surface area contributed by atoms with Gasteiger partial charge in [0, 0.05) is 15.8 Å². The largest absolute Gasteiger partial charge is 0.313 e. The van der Waals surface area contributed by atoms with Crippen molar-refractivity contribution in [1.82, 2.24) is 5.32 Å². The molecule has 0 bridgehead atoms. The molecule has 0 amide bonds. The molecule has 0 saturated heterocycles. The minimum atomic E-state index is 0.408. The zero-order chi connectivity index (χ0) is 14.0. The molecular formula is C17H23NS. The lowest BCUT2D eigenvalue weighted by Crippen LogP contribution is -2.19. The smallest absolute Gasteiger partial charge is 0.0369 e. The molecule has 2 rings (SSSR count). The maximum absolute atomic E-state index is 3.47. The van der Waals surface area contributed by atoms with Gasteiger partial charge < -0.3 is 5.32 Å². The summed E-state index contributed by atoms with van der Waals surface area (Å²) in [6.45, 7) is 8.77. The quantitative estimate of drug-likeness (QED) is 0.865. The molecule has 2 aromatic rings. The van der Waals surface area contributed by atoms with Crippen molar-refractivity contribution < 1.29 is 0 Å². The number of aryl methyl sites for hydroxylation is 4. The third-order valence-corrected chi connectivity index (χ3v) is 4.71. The first-order valence-electron chi connectivity index (χ1n) is 6.81. The minimum absolute atomic E-state index is 0.408. The van der Waals surface area contributed by atoms with Gasteiger partial charge in [0.05, 0.1) is 0 Å². The molecule has 0 aliphatic heterocycles. The topological polar surface area (TPSA) is 12.0 Å². The molecule has 0 spiro atoms. The van der Waals surface area contributed by atoms with Crippen molar-refractivity contribution in [2.45, 2.75) is 40.2 Å². The highest BCUT2D eigenvalue weighted by atomic mass is 32.1. The van der Waals surface area contributed by atoms with E-state index in [1.165, 1.54) is 32.0 Å². The summed E-state index contributed by atoms with van der Waals surface area (Å²) in [6, 6.07) is 9.46. The fraction of sp³-hybridized carbons (Fsp3) is 0.412. The van der Waals surface area contributed by atoms with Gasteiger partial charge >= 0.3 is 0 Å². The standard InChI is InChI=1S/C17H23NS/c1-11-6-7-12(2)15(8-11)10-17(18-5)16-9-13(3)19-14(16)4/h6-9,17-18H,10H2,1-5H3. The predicted molar refractivity (Wildman–Crippen MR) is 85.2 cm³/mol. The number of benzene rings is 1. The number of likely N-dealkylation sites (N-methyl/N-ethyl adjacent to an activating group) is 1. The minimum Gasteiger partial charge on any atom is -0.313 e. The van der Waals surface area contributed by atoms with E-state index in [2.05, 4.69) is 64.3 Å². The Bertz CT molecular complexity index is 569. The summed E-state index contributed by atoms with van der Waals surface area (Å²) in [7, 11) is 2.06. The molecule has 0 radical (unpaired) electrons. The highest BCUT2D eigenvalue weighted by Gasteiger charge is 2.15. The second-order valence-corrected chi connectivity index (χ2v) is 6.80. The van der Waals surface area contributed by atoms with Crippen LogP contribution in [0.15, 0.2) is 24.3 Å². The van der Waals surface area contributed by atoms with Gasteiger partial charge in [-0.2, -0.15) is 0 Å². The predicted octanol–water partition coefficient (Wildman–Crippen LogP) is 4.48. The fourth-order valence-corrected chi connectivity index (χ4v) is 3.59. The average molecular weight is 273 g/mol. The molecule has 1 aromatic carbocycles. The number of hydrogen-bond acceptors (Lipinski definition) is 2. The van der Waals surface area contributed by atoms with Crippen molar-refractivity contribution in [3.05, 3.63) is 56.3 Å². The van der Waals surface area contributed by atoms with Crippen molar-refractivity contribution in [3.63, 3.8) is 0 Å². The summed E-state index contributed by atoms with van der Waals surface area (Å²) in [4.78, 5) is 2.83. The summed E-state index contributed by atoms with van der Waals surface area (Å²) in [5.74, 6) is 0. The highest BCUT2D eigenvalue weighted by molar-refractivity contribution is 7.12. The molecule has 0 aliphatic rings. The van der Waals surface area contributed by atoms with Gasteiger partial charge in [0.25, 0.3) is 0 Å². The maximum atomic E-state index is 3.47. The first-order chi connectivity index (χ1) is 9.01. The summed E-state index contributed by atoms with van der Waals surface area (Å²) in [5.41, 5.74) is 5.62. The van der Waals surface area contributed by atoms with E-state index in [9.17, 15) is 0 Å². The SMILES string of the molecule is CNC(Cc1cc(C)ccc1C)c1cc(C)sc1C. The van der Waals surface area contributed by atoms with Crippen LogP contribution in [0, 0.1) is 27.7 Å². The monoisotopic (exact) mass is 273 g/mol. The van der Waals surface area contributed by atoms with Gasteiger partial charge in [0.2, 0.25) is 0 Å². The second kappa shape index (κ2) is 5.89. The van der Waals surface area contributed by atoms with Gasteiger partial charge in [-0.05, 0) is 63.9 Å². The molecule has 0 fully saturated rings. The van der Waals surface area contributed by atoms with Crippen LogP contribution in [0.2, 0.25) is 0 Å². The Balaban J connectivity index is 2.29. The molecular weight excluding hydrogens is 250 g/mol. The van der Waals surface area contributed by atoms with E-state index in [1.807, 2.05) is 11.3 Å². The molecule has 1 aromatic heterocycles. The molecule has 2 heteroatoms.